The zero-order valence-electron chi connectivity index (χ0n) is 13.9. The second kappa shape index (κ2) is 6.84. The zero-order chi connectivity index (χ0) is 17.1. The van der Waals surface area contributed by atoms with E-state index in [0.29, 0.717) is 17.8 Å². The van der Waals surface area contributed by atoms with Crippen LogP contribution in [-0.4, -0.2) is 51.4 Å². The van der Waals surface area contributed by atoms with Gasteiger partial charge in [0.15, 0.2) is 0 Å². The third kappa shape index (κ3) is 2.90. The summed E-state index contributed by atoms with van der Waals surface area (Å²) in [5.74, 6) is 0.0419. The fraction of sp³-hybridized carbons (Fsp3) is 0.353. The van der Waals surface area contributed by atoms with Crippen molar-refractivity contribution in [2.24, 2.45) is 0 Å². The van der Waals surface area contributed by atoms with Crippen LogP contribution in [0.4, 0.5) is 0 Å². The second-order valence-electron chi connectivity index (χ2n) is 5.56. The number of hydrogen-bond acceptors (Lipinski definition) is 4. The summed E-state index contributed by atoms with van der Waals surface area (Å²) >= 11 is 0. The lowest BCUT2D eigenvalue weighted by Gasteiger charge is -2.17. The monoisotopic (exact) mass is 327 g/mol. The highest BCUT2D eigenvalue weighted by Gasteiger charge is 2.15. The summed E-state index contributed by atoms with van der Waals surface area (Å²) in [6.07, 6.45) is 1.33. The number of rotatable bonds is 6. The first kappa shape index (κ1) is 16.2. The third-order valence-electron chi connectivity index (χ3n) is 4.21. The zero-order valence-corrected chi connectivity index (χ0v) is 13.9. The Morgan fingerprint density at radius 1 is 1.29 bits per heavy atom. The van der Waals surface area contributed by atoms with Gasteiger partial charge in [-0.05, 0) is 25.2 Å². The minimum absolute atomic E-state index is 0.0526. The molecule has 7 heteroatoms. The lowest BCUT2D eigenvalue weighted by atomic mass is 10.3. The van der Waals surface area contributed by atoms with Crippen molar-refractivity contribution < 1.29 is 4.79 Å². The van der Waals surface area contributed by atoms with Crippen molar-refractivity contribution in [1.82, 2.24) is 24.6 Å². The minimum Gasteiger partial charge on any atom is -0.351 e. The van der Waals surface area contributed by atoms with E-state index in [4.69, 9.17) is 0 Å². The molecule has 0 saturated heterocycles. The third-order valence-corrected chi connectivity index (χ3v) is 4.21. The molecule has 3 aromatic rings. The number of hydrogen-bond donors (Lipinski definition) is 2. The van der Waals surface area contributed by atoms with Crippen LogP contribution in [0.5, 0.6) is 0 Å². The van der Waals surface area contributed by atoms with E-state index >= 15 is 0 Å². The van der Waals surface area contributed by atoms with Crippen molar-refractivity contribution in [3.63, 3.8) is 0 Å². The number of aromatic nitrogens is 3. The van der Waals surface area contributed by atoms with Crippen LogP contribution >= 0.6 is 0 Å². The number of likely N-dealkylation sites (N-methyl/N-ethyl adjacent to an activating group) is 1. The summed E-state index contributed by atoms with van der Waals surface area (Å²) in [6.45, 7) is 7.26. The molecule has 0 saturated carbocycles. The Bertz CT molecular complexity index is 924. The van der Waals surface area contributed by atoms with Crippen LogP contribution in [0.2, 0.25) is 0 Å². The van der Waals surface area contributed by atoms with E-state index in [0.717, 1.165) is 25.2 Å². The highest BCUT2D eigenvalue weighted by molar-refractivity contribution is 5.94. The number of benzene rings is 1. The molecule has 7 nitrogen and oxygen atoms in total. The van der Waals surface area contributed by atoms with Crippen LogP contribution in [0, 0.1) is 0 Å². The maximum Gasteiger partial charge on any atom is 0.272 e. The van der Waals surface area contributed by atoms with Crippen LogP contribution in [0.25, 0.3) is 16.8 Å². The summed E-state index contributed by atoms with van der Waals surface area (Å²) in [7, 11) is 0. The molecule has 0 aliphatic heterocycles. The van der Waals surface area contributed by atoms with E-state index in [-0.39, 0.29) is 17.0 Å². The number of nitrogens with one attached hydrogen (secondary N) is 2. The summed E-state index contributed by atoms with van der Waals surface area (Å²) in [5.41, 5.74) is 1.21. The highest BCUT2D eigenvalue weighted by atomic mass is 16.2. The molecule has 0 bridgehead atoms. The molecular formula is C17H21N5O2. The molecule has 0 aliphatic rings. The Morgan fingerprint density at radius 3 is 2.79 bits per heavy atom. The standard InChI is InChI=1S/C17H21N5O2/c1-3-21(4-2)10-9-18-15(23)12-11-19-17-20-13-7-5-6-8-14(13)22(17)16(12)24/h5-8,11H,3-4,9-10H2,1-2H3,(H,18,23)(H,19,20). The molecule has 1 aromatic carbocycles. The van der Waals surface area contributed by atoms with Gasteiger partial charge < -0.3 is 15.2 Å². The van der Waals surface area contributed by atoms with Gasteiger partial charge in [-0.25, -0.2) is 9.38 Å². The molecule has 1 amide bonds. The first-order chi connectivity index (χ1) is 11.7. The van der Waals surface area contributed by atoms with Gasteiger partial charge in [-0.2, -0.15) is 0 Å². The number of carbonyl (C=O) groups excluding carboxylic acids is 1. The van der Waals surface area contributed by atoms with Crippen molar-refractivity contribution in [2.75, 3.05) is 26.2 Å². The van der Waals surface area contributed by atoms with Crippen LogP contribution < -0.4 is 10.9 Å². The van der Waals surface area contributed by atoms with Gasteiger partial charge in [0, 0.05) is 19.3 Å². The summed E-state index contributed by atoms with van der Waals surface area (Å²) < 4.78 is 1.44. The minimum atomic E-state index is -0.390. The van der Waals surface area contributed by atoms with Crippen LogP contribution in [0.3, 0.4) is 0 Å². The van der Waals surface area contributed by atoms with E-state index in [1.54, 1.807) is 0 Å². The number of carbonyl (C=O) groups is 1. The Morgan fingerprint density at radius 2 is 2.04 bits per heavy atom. The van der Waals surface area contributed by atoms with Gasteiger partial charge in [-0.3, -0.25) is 9.59 Å². The summed E-state index contributed by atoms with van der Waals surface area (Å²) in [6, 6.07) is 7.42. The van der Waals surface area contributed by atoms with Crippen molar-refractivity contribution in [3.05, 3.63) is 46.4 Å². The lowest BCUT2D eigenvalue weighted by Crippen LogP contribution is -2.37. The lowest BCUT2D eigenvalue weighted by molar-refractivity contribution is 0.0947. The molecule has 0 unspecified atom stereocenters. The van der Waals surface area contributed by atoms with Gasteiger partial charge in [-0.1, -0.05) is 26.0 Å². The van der Waals surface area contributed by atoms with Crippen molar-refractivity contribution in [2.45, 2.75) is 13.8 Å². The number of fused-ring (bicyclic) bond motifs is 3. The second-order valence-corrected chi connectivity index (χ2v) is 5.56. The Labute approximate surface area is 139 Å². The molecule has 0 atom stereocenters. The number of imidazole rings is 1. The quantitative estimate of drug-likeness (QED) is 0.714. The molecule has 0 spiro atoms. The number of H-pyrrole nitrogens is 1. The number of para-hydroxylation sites is 2. The number of amides is 1. The Balaban J connectivity index is 1.87. The molecule has 0 radical (unpaired) electrons. The maximum absolute atomic E-state index is 12.7. The van der Waals surface area contributed by atoms with Crippen LogP contribution in [0.15, 0.2) is 35.3 Å². The molecule has 0 aliphatic carbocycles. The Hall–Kier alpha value is -2.67. The van der Waals surface area contributed by atoms with Crippen LogP contribution in [0.1, 0.15) is 24.2 Å². The van der Waals surface area contributed by atoms with Gasteiger partial charge in [0.05, 0.1) is 11.0 Å². The molecule has 3 rings (SSSR count). The average Bonchev–Trinajstić information content (AvgIpc) is 2.98. The highest BCUT2D eigenvalue weighted by Crippen LogP contribution is 2.12. The predicted octanol–water partition coefficient (Wildman–Crippen LogP) is 1.25. The van der Waals surface area contributed by atoms with Crippen LogP contribution in [-0.2, 0) is 0 Å². The van der Waals surface area contributed by atoms with Gasteiger partial charge in [0.25, 0.3) is 11.5 Å². The fourth-order valence-electron chi connectivity index (χ4n) is 2.78. The number of nitrogens with zero attached hydrogens (tertiary/aromatic N) is 3. The number of aromatic amines is 1. The molecule has 2 N–H and O–H groups in total. The van der Waals surface area contributed by atoms with Gasteiger partial charge >= 0.3 is 0 Å². The summed E-state index contributed by atoms with van der Waals surface area (Å²) in [4.78, 5) is 34.5. The van der Waals surface area contributed by atoms with Crippen molar-refractivity contribution in [3.8, 4) is 0 Å². The van der Waals surface area contributed by atoms with E-state index < -0.39 is 0 Å². The molecule has 2 heterocycles. The normalized spacial score (nSPS) is 11.5. The first-order valence-electron chi connectivity index (χ1n) is 8.14. The van der Waals surface area contributed by atoms with Gasteiger partial charge in [0.1, 0.15) is 5.56 Å². The van der Waals surface area contributed by atoms with Crippen molar-refractivity contribution in [1.29, 1.82) is 0 Å². The molecule has 126 valence electrons. The van der Waals surface area contributed by atoms with Gasteiger partial charge in [-0.15, -0.1) is 0 Å². The maximum atomic E-state index is 12.7. The molecule has 0 fully saturated rings. The van der Waals surface area contributed by atoms with E-state index in [1.165, 1.54) is 10.6 Å². The first-order valence-corrected chi connectivity index (χ1v) is 8.14. The molecule has 24 heavy (non-hydrogen) atoms. The van der Waals surface area contributed by atoms with E-state index in [9.17, 15) is 9.59 Å². The molecule has 2 aromatic heterocycles. The summed E-state index contributed by atoms with van der Waals surface area (Å²) in [5, 5.41) is 2.80. The largest absolute Gasteiger partial charge is 0.351 e. The van der Waals surface area contributed by atoms with E-state index in [1.807, 2.05) is 24.3 Å². The smallest absolute Gasteiger partial charge is 0.272 e. The molecular weight excluding hydrogens is 306 g/mol. The van der Waals surface area contributed by atoms with Crippen molar-refractivity contribution >= 4 is 22.7 Å². The predicted molar refractivity (Wildman–Crippen MR) is 93.4 cm³/mol. The fourth-order valence-corrected chi connectivity index (χ4v) is 2.78. The Kier molecular flexibility index (Phi) is 4.61. The SMILES string of the molecule is CCN(CC)CCNC(=O)c1cnc2[nH]c3ccccc3n2c1=O. The average molecular weight is 327 g/mol. The topological polar surface area (TPSA) is 82.5 Å². The van der Waals surface area contributed by atoms with E-state index in [2.05, 4.69) is 34.0 Å². The van der Waals surface area contributed by atoms with Gasteiger partial charge in [0.2, 0.25) is 5.78 Å².